The third kappa shape index (κ3) is 6.27. The Bertz CT molecular complexity index is 275. The topological polar surface area (TPSA) is 9.23 Å². The third-order valence-electron chi connectivity index (χ3n) is 4.73. The molecule has 1 nitrogen and oxygen atoms in total. The van der Waals surface area contributed by atoms with E-state index < -0.39 is 8.32 Å². The molecule has 0 saturated carbocycles. The second-order valence-corrected chi connectivity index (χ2v) is 12.3. The van der Waals surface area contributed by atoms with Gasteiger partial charge in [-0.05, 0) is 43.8 Å². The van der Waals surface area contributed by atoms with E-state index in [-0.39, 0.29) is 0 Å². The minimum atomic E-state index is -1.61. The zero-order valence-corrected chi connectivity index (χ0v) is 14.8. The van der Waals surface area contributed by atoms with Crippen LogP contribution >= 0.6 is 0 Å². The maximum atomic E-state index is 6.60. The van der Waals surface area contributed by atoms with Gasteiger partial charge in [-0.3, -0.25) is 0 Å². The Kier molecular flexibility index (Phi) is 6.82. The average molecular weight is 283 g/mol. The van der Waals surface area contributed by atoms with E-state index in [0.717, 1.165) is 6.42 Å². The predicted molar refractivity (Wildman–Crippen MR) is 88.1 cm³/mol. The van der Waals surface area contributed by atoms with E-state index in [9.17, 15) is 0 Å². The molecule has 0 N–H and O–H groups in total. The van der Waals surface area contributed by atoms with Crippen molar-refractivity contribution in [2.24, 2.45) is 0 Å². The lowest BCUT2D eigenvalue weighted by Crippen LogP contribution is -2.43. The molecule has 0 bridgehead atoms. The van der Waals surface area contributed by atoms with E-state index >= 15 is 0 Å². The lowest BCUT2D eigenvalue weighted by Gasteiger charge is -2.39. The Labute approximate surface area is 122 Å². The Morgan fingerprint density at radius 1 is 0.947 bits per heavy atom. The molecule has 1 aliphatic carbocycles. The summed E-state index contributed by atoms with van der Waals surface area (Å²) in [5.41, 5.74) is 0. The lowest BCUT2D eigenvalue weighted by molar-refractivity contribution is 0.170. The summed E-state index contributed by atoms with van der Waals surface area (Å²) >= 11 is 0. The lowest BCUT2D eigenvalue weighted by atomic mass is 10.1. The van der Waals surface area contributed by atoms with Gasteiger partial charge in [-0.15, -0.1) is 0 Å². The van der Waals surface area contributed by atoms with Gasteiger partial charge in [0.25, 0.3) is 0 Å². The van der Waals surface area contributed by atoms with Crippen molar-refractivity contribution >= 4 is 8.32 Å². The summed E-state index contributed by atoms with van der Waals surface area (Å²) in [6, 6.07) is 0. The molecule has 19 heavy (non-hydrogen) atoms. The Morgan fingerprint density at radius 2 is 1.58 bits per heavy atom. The summed E-state index contributed by atoms with van der Waals surface area (Å²) in [7, 11) is -1.61. The highest BCUT2D eigenvalue weighted by atomic mass is 28.4. The molecular weight excluding hydrogens is 248 g/mol. The van der Waals surface area contributed by atoms with E-state index in [2.05, 4.69) is 46.0 Å². The van der Waals surface area contributed by atoms with Gasteiger partial charge in [-0.25, -0.2) is 0 Å². The Morgan fingerprint density at radius 3 is 2.26 bits per heavy atom. The molecule has 0 fully saturated rings. The standard InChI is InChI=1S/C17H34OSi/c1-17(2,3)19(4,5)18-16-14-12-10-8-6-7-9-11-13-15-16/h10,12,16H,6-9,11,13-15H2,1-5H3/b12-10-. The highest BCUT2D eigenvalue weighted by molar-refractivity contribution is 6.74. The van der Waals surface area contributed by atoms with Crippen LogP contribution in [0.1, 0.15) is 72.1 Å². The molecule has 0 aromatic carbocycles. The van der Waals surface area contributed by atoms with E-state index in [1.807, 2.05) is 0 Å². The van der Waals surface area contributed by atoms with Crippen molar-refractivity contribution in [1.82, 2.24) is 0 Å². The van der Waals surface area contributed by atoms with Gasteiger partial charge in [-0.2, -0.15) is 0 Å². The van der Waals surface area contributed by atoms with Crippen molar-refractivity contribution in [2.75, 3.05) is 0 Å². The molecule has 112 valence electrons. The first kappa shape index (κ1) is 17.0. The van der Waals surface area contributed by atoms with Gasteiger partial charge in [0.15, 0.2) is 8.32 Å². The number of hydrogen-bond acceptors (Lipinski definition) is 1. The molecule has 0 spiro atoms. The fraction of sp³-hybridized carbons (Fsp3) is 0.882. The molecule has 0 aromatic heterocycles. The normalized spacial score (nSPS) is 25.6. The maximum absolute atomic E-state index is 6.60. The minimum Gasteiger partial charge on any atom is -0.414 e. The molecule has 0 heterocycles. The van der Waals surface area contributed by atoms with E-state index in [1.165, 1.54) is 44.9 Å². The quantitative estimate of drug-likeness (QED) is 0.441. The van der Waals surface area contributed by atoms with Crippen LogP contribution in [0.4, 0.5) is 0 Å². The zero-order valence-electron chi connectivity index (χ0n) is 13.8. The number of allylic oxidation sites excluding steroid dienone is 1. The van der Waals surface area contributed by atoms with Crippen LogP contribution in [0.15, 0.2) is 12.2 Å². The van der Waals surface area contributed by atoms with Crippen molar-refractivity contribution in [1.29, 1.82) is 0 Å². The van der Waals surface area contributed by atoms with Crippen LogP contribution < -0.4 is 0 Å². The molecule has 1 unspecified atom stereocenters. The molecule has 2 heteroatoms. The van der Waals surface area contributed by atoms with Crippen LogP contribution in [0.25, 0.3) is 0 Å². The molecule has 0 amide bonds. The molecule has 0 saturated heterocycles. The van der Waals surface area contributed by atoms with Crippen molar-refractivity contribution in [2.45, 2.75) is 96.4 Å². The molecule has 0 aromatic rings. The second kappa shape index (κ2) is 7.63. The van der Waals surface area contributed by atoms with Crippen molar-refractivity contribution in [3.8, 4) is 0 Å². The summed E-state index contributed by atoms with van der Waals surface area (Å²) in [6.07, 6.45) is 15.7. The fourth-order valence-electron chi connectivity index (χ4n) is 2.35. The number of hydrogen-bond donors (Lipinski definition) is 0. The van der Waals surface area contributed by atoms with Crippen LogP contribution in [-0.2, 0) is 4.43 Å². The Hall–Kier alpha value is -0.0831. The van der Waals surface area contributed by atoms with Crippen molar-refractivity contribution < 1.29 is 4.43 Å². The van der Waals surface area contributed by atoms with Gasteiger partial charge in [0.2, 0.25) is 0 Å². The summed E-state index contributed by atoms with van der Waals surface area (Å²) in [5.74, 6) is 0. The van der Waals surface area contributed by atoms with Crippen LogP contribution in [-0.4, -0.2) is 14.4 Å². The van der Waals surface area contributed by atoms with Crippen LogP contribution in [0.5, 0.6) is 0 Å². The monoisotopic (exact) mass is 282 g/mol. The first-order valence-corrected chi connectivity index (χ1v) is 11.1. The fourth-order valence-corrected chi connectivity index (χ4v) is 3.75. The Balaban J connectivity index is 2.58. The van der Waals surface area contributed by atoms with Gasteiger partial charge in [0.05, 0.1) is 0 Å². The summed E-state index contributed by atoms with van der Waals surface area (Å²) in [6.45, 7) is 11.8. The van der Waals surface area contributed by atoms with Gasteiger partial charge in [0, 0.05) is 6.10 Å². The molecule has 1 aliphatic rings. The minimum absolute atomic E-state index is 0.322. The summed E-state index contributed by atoms with van der Waals surface area (Å²) in [4.78, 5) is 0. The van der Waals surface area contributed by atoms with Crippen LogP contribution in [0.3, 0.4) is 0 Å². The predicted octanol–water partition coefficient (Wildman–Crippen LogP) is 6.07. The van der Waals surface area contributed by atoms with Gasteiger partial charge in [-0.1, -0.05) is 58.6 Å². The SMILES string of the molecule is CC(C)(C)[Si](C)(C)OC1C/C=C\CCCCCCC1. The van der Waals surface area contributed by atoms with Crippen LogP contribution in [0.2, 0.25) is 18.1 Å². The van der Waals surface area contributed by atoms with Crippen molar-refractivity contribution in [3.05, 3.63) is 12.2 Å². The van der Waals surface area contributed by atoms with Crippen molar-refractivity contribution in [3.63, 3.8) is 0 Å². The van der Waals surface area contributed by atoms with Gasteiger partial charge < -0.3 is 4.43 Å². The molecular formula is C17H34OSi. The second-order valence-electron chi connectivity index (χ2n) is 7.55. The molecule has 0 radical (unpaired) electrons. The average Bonchev–Trinajstić information content (AvgIpc) is 2.33. The first-order valence-electron chi connectivity index (χ1n) is 8.16. The third-order valence-corrected chi connectivity index (χ3v) is 9.26. The largest absolute Gasteiger partial charge is 0.414 e. The molecule has 0 aliphatic heterocycles. The summed E-state index contributed by atoms with van der Waals surface area (Å²) < 4.78 is 6.60. The van der Waals surface area contributed by atoms with E-state index in [4.69, 9.17) is 4.43 Å². The van der Waals surface area contributed by atoms with Gasteiger partial charge in [0.1, 0.15) is 0 Å². The first-order chi connectivity index (χ1) is 8.83. The highest BCUT2D eigenvalue weighted by Gasteiger charge is 2.38. The summed E-state index contributed by atoms with van der Waals surface area (Å²) in [5, 5.41) is 0.322. The number of rotatable bonds is 2. The molecule has 1 rings (SSSR count). The highest BCUT2D eigenvalue weighted by Crippen LogP contribution is 2.38. The van der Waals surface area contributed by atoms with Gasteiger partial charge >= 0.3 is 0 Å². The smallest absolute Gasteiger partial charge is 0.192 e. The van der Waals surface area contributed by atoms with Crippen LogP contribution in [0, 0.1) is 0 Å². The zero-order chi connectivity index (χ0) is 14.4. The maximum Gasteiger partial charge on any atom is 0.192 e. The van der Waals surface area contributed by atoms with E-state index in [1.54, 1.807) is 0 Å². The van der Waals surface area contributed by atoms with E-state index in [0.29, 0.717) is 11.1 Å². The molecule has 1 atom stereocenters.